The van der Waals surface area contributed by atoms with Crippen molar-refractivity contribution in [2.45, 2.75) is 39.2 Å². The van der Waals surface area contributed by atoms with Crippen molar-refractivity contribution in [1.82, 2.24) is 10.2 Å². The average Bonchev–Trinajstić information content (AvgIpc) is 2.76. The summed E-state index contributed by atoms with van der Waals surface area (Å²) >= 11 is 0. The summed E-state index contributed by atoms with van der Waals surface area (Å²) in [6.07, 6.45) is 2.96. The summed E-state index contributed by atoms with van der Waals surface area (Å²) in [5, 5.41) is 3.37. The van der Waals surface area contributed by atoms with Gasteiger partial charge in [0.05, 0.1) is 6.61 Å². The van der Waals surface area contributed by atoms with Gasteiger partial charge in [0.15, 0.2) is 0 Å². The van der Waals surface area contributed by atoms with Crippen molar-refractivity contribution >= 4 is 18.3 Å². The van der Waals surface area contributed by atoms with Gasteiger partial charge in [-0.15, -0.1) is 12.4 Å². The van der Waals surface area contributed by atoms with Gasteiger partial charge in [-0.2, -0.15) is 0 Å². The Hall–Kier alpha value is -0.320. The molecule has 1 amide bonds. The van der Waals surface area contributed by atoms with Crippen molar-refractivity contribution < 1.29 is 9.53 Å². The van der Waals surface area contributed by atoms with Crippen LogP contribution >= 0.6 is 12.4 Å². The zero-order valence-electron chi connectivity index (χ0n) is 11.8. The lowest BCUT2D eigenvalue weighted by Crippen LogP contribution is -2.39. The van der Waals surface area contributed by atoms with E-state index in [0.29, 0.717) is 31.5 Å². The number of rotatable bonds is 7. The second-order valence-electron chi connectivity index (χ2n) is 5.22. The average molecular weight is 279 g/mol. The molecule has 1 unspecified atom stereocenters. The van der Waals surface area contributed by atoms with Crippen molar-refractivity contribution in [2.75, 3.05) is 33.4 Å². The highest BCUT2D eigenvalue weighted by Crippen LogP contribution is 2.11. The standard InChI is InChI=1S/C13H26N2O2.ClH/c1-11(2)10-15(7-8-17-3)13(16)9-12-5-4-6-14-12;/h11-12,14H,4-10H2,1-3H3;1H. The van der Waals surface area contributed by atoms with E-state index in [1.807, 2.05) is 4.90 Å². The van der Waals surface area contributed by atoms with Crippen LogP contribution in [-0.2, 0) is 9.53 Å². The van der Waals surface area contributed by atoms with Crippen LogP contribution in [0.3, 0.4) is 0 Å². The van der Waals surface area contributed by atoms with Crippen molar-refractivity contribution in [2.24, 2.45) is 5.92 Å². The van der Waals surface area contributed by atoms with Gasteiger partial charge in [0.25, 0.3) is 0 Å². The quantitative estimate of drug-likeness (QED) is 0.770. The Kier molecular flexibility index (Phi) is 9.42. The van der Waals surface area contributed by atoms with E-state index in [-0.39, 0.29) is 18.3 Å². The number of methoxy groups -OCH3 is 1. The first-order valence-corrected chi connectivity index (χ1v) is 6.63. The summed E-state index contributed by atoms with van der Waals surface area (Å²) < 4.78 is 5.06. The molecule has 1 heterocycles. The molecule has 1 atom stereocenters. The van der Waals surface area contributed by atoms with Crippen LogP contribution in [0.4, 0.5) is 0 Å². The molecule has 0 aromatic carbocycles. The summed E-state index contributed by atoms with van der Waals surface area (Å²) in [6.45, 7) is 7.49. The minimum atomic E-state index is 0. The lowest BCUT2D eigenvalue weighted by molar-refractivity contribution is -0.132. The fraction of sp³-hybridized carbons (Fsp3) is 0.923. The van der Waals surface area contributed by atoms with E-state index in [4.69, 9.17) is 4.74 Å². The van der Waals surface area contributed by atoms with E-state index in [2.05, 4.69) is 19.2 Å². The normalized spacial score (nSPS) is 18.8. The Bertz CT molecular complexity index is 231. The van der Waals surface area contributed by atoms with Gasteiger partial charge in [-0.3, -0.25) is 4.79 Å². The molecule has 108 valence electrons. The van der Waals surface area contributed by atoms with E-state index in [1.54, 1.807) is 7.11 Å². The summed E-state index contributed by atoms with van der Waals surface area (Å²) in [7, 11) is 1.68. The molecule has 1 fully saturated rings. The van der Waals surface area contributed by atoms with Crippen LogP contribution in [0.2, 0.25) is 0 Å². The number of carbonyl (C=O) groups is 1. The van der Waals surface area contributed by atoms with Crippen molar-refractivity contribution in [3.8, 4) is 0 Å². The molecule has 1 saturated heterocycles. The highest BCUT2D eigenvalue weighted by molar-refractivity contribution is 5.85. The Morgan fingerprint density at radius 1 is 1.50 bits per heavy atom. The maximum atomic E-state index is 12.2. The number of hydrogen-bond acceptors (Lipinski definition) is 3. The topological polar surface area (TPSA) is 41.6 Å². The molecular formula is C13H27ClN2O2. The SMILES string of the molecule is COCCN(CC(C)C)C(=O)CC1CCCN1.Cl. The van der Waals surface area contributed by atoms with Gasteiger partial charge in [-0.25, -0.2) is 0 Å². The number of nitrogens with zero attached hydrogens (tertiary/aromatic N) is 1. The van der Waals surface area contributed by atoms with E-state index in [9.17, 15) is 4.79 Å². The number of nitrogens with one attached hydrogen (secondary N) is 1. The summed E-state index contributed by atoms with van der Waals surface area (Å²) in [5.74, 6) is 0.766. The van der Waals surface area contributed by atoms with Crippen molar-refractivity contribution in [3.63, 3.8) is 0 Å². The lowest BCUT2D eigenvalue weighted by atomic mass is 10.1. The van der Waals surface area contributed by atoms with Crippen LogP contribution in [0.1, 0.15) is 33.1 Å². The molecule has 1 aliphatic rings. The zero-order valence-corrected chi connectivity index (χ0v) is 12.6. The highest BCUT2D eigenvalue weighted by Gasteiger charge is 2.21. The molecule has 1 rings (SSSR count). The second-order valence-corrected chi connectivity index (χ2v) is 5.22. The number of halogens is 1. The van der Waals surface area contributed by atoms with Crippen molar-refractivity contribution in [1.29, 1.82) is 0 Å². The van der Waals surface area contributed by atoms with Crippen LogP contribution in [0, 0.1) is 5.92 Å². The number of hydrogen-bond donors (Lipinski definition) is 1. The third kappa shape index (κ3) is 6.57. The molecule has 0 bridgehead atoms. The lowest BCUT2D eigenvalue weighted by Gasteiger charge is -2.25. The molecule has 0 saturated carbocycles. The number of carbonyl (C=O) groups excluding carboxylic acids is 1. The summed E-state index contributed by atoms with van der Waals surface area (Å²) in [5.41, 5.74) is 0. The first kappa shape index (κ1) is 17.7. The minimum absolute atomic E-state index is 0. The predicted molar refractivity (Wildman–Crippen MR) is 76.2 cm³/mol. The van der Waals surface area contributed by atoms with E-state index in [1.165, 1.54) is 6.42 Å². The molecule has 5 heteroatoms. The van der Waals surface area contributed by atoms with Crippen LogP contribution < -0.4 is 5.32 Å². The Morgan fingerprint density at radius 2 is 2.22 bits per heavy atom. The smallest absolute Gasteiger partial charge is 0.224 e. The highest BCUT2D eigenvalue weighted by atomic mass is 35.5. The molecule has 0 radical (unpaired) electrons. The Labute approximate surface area is 117 Å². The molecule has 0 aliphatic carbocycles. The second kappa shape index (κ2) is 9.59. The van der Waals surface area contributed by atoms with E-state index >= 15 is 0 Å². The Balaban J connectivity index is 0.00000289. The molecule has 1 N–H and O–H groups in total. The fourth-order valence-corrected chi connectivity index (χ4v) is 2.23. The van der Waals surface area contributed by atoms with Gasteiger partial charge >= 0.3 is 0 Å². The van der Waals surface area contributed by atoms with Gasteiger partial charge in [-0.1, -0.05) is 13.8 Å². The van der Waals surface area contributed by atoms with Crippen LogP contribution in [0.5, 0.6) is 0 Å². The van der Waals surface area contributed by atoms with Crippen molar-refractivity contribution in [3.05, 3.63) is 0 Å². The fourth-order valence-electron chi connectivity index (χ4n) is 2.23. The largest absolute Gasteiger partial charge is 0.383 e. The maximum absolute atomic E-state index is 12.2. The summed E-state index contributed by atoms with van der Waals surface area (Å²) in [4.78, 5) is 14.1. The van der Waals surface area contributed by atoms with Crippen LogP contribution in [-0.4, -0.2) is 50.2 Å². The zero-order chi connectivity index (χ0) is 12.7. The minimum Gasteiger partial charge on any atom is -0.383 e. The number of ether oxygens (including phenoxy) is 1. The molecule has 1 aliphatic heterocycles. The van der Waals surface area contributed by atoms with E-state index in [0.717, 1.165) is 19.5 Å². The van der Waals surface area contributed by atoms with Gasteiger partial charge in [-0.05, 0) is 25.3 Å². The van der Waals surface area contributed by atoms with Gasteiger partial charge in [0, 0.05) is 32.7 Å². The van der Waals surface area contributed by atoms with E-state index < -0.39 is 0 Å². The van der Waals surface area contributed by atoms with Crippen LogP contribution in [0.25, 0.3) is 0 Å². The molecule has 0 spiro atoms. The Morgan fingerprint density at radius 3 is 2.72 bits per heavy atom. The first-order chi connectivity index (χ1) is 8.13. The molecule has 0 aromatic heterocycles. The molecule has 0 aromatic rings. The molecular weight excluding hydrogens is 252 g/mol. The van der Waals surface area contributed by atoms with Crippen LogP contribution in [0.15, 0.2) is 0 Å². The maximum Gasteiger partial charge on any atom is 0.224 e. The molecule has 18 heavy (non-hydrogen) atoms. The monoisotopic (exact) mass is 278 g/mol. The third-order valence-electron chi connectivity index (χ3n) is 3.09. The summed E-state index contributed by atoms with van der Waals surface area (Å²) in [6, 6.07) is 0.389. The number of amides is 1. The van der Waals surface area contributed by atoms with Gasteiger partial charge in [0.2, 0.25) is 5.91 Å². The van der Waals surface area contributed by atoms with Gasteiger partial charge in [0.1, 0.15) is 0 Å². The van der Waals surface area contributed by atoms with Gasteiger partial charge < -0.3 is 15.0 Å². The third-order valence-corrected chi connectivity index (χ3v) is 3.09. The molecule has 4 nitrogen and oxygen atoms in total. The predicted octanol–water partition coefficient (Wildman–Crippen LogP) is 1.68. The first-order valence-electron chi connectivity index (χ1n) is 6.63.